The van der Waals surface area contributed by atoms with Crippen LogP contribution in [-0.4, -0.2) is 52.6 Å². The Balaban J connectivity index is 1.54. The molecule has 1 aliphatic rings. The van der Waals surface area contributed by atoms with Crippen molar-refractivity contribution in [3.05, 3.63) is 48.0 Å². The van der Waals surface area contributed by atoms with Crippen molar-refractivity contribution >= 4 is 0 Å². The summed E-state index contributed by atoms with van der Waals surface area (Å²) in [6.45, 7) is 2.97. The van der Waals surface area contributed by atoms with E-state index in [-0.39, 0.29) is 30.0 Å². The van der Waals surface area contributed by atoms with E-state index in [4.69, 9.17) is 4.74 Å². The Morgan fingerprint density at radius 3 is 2.87 bits per heavy atom. The van der Waals surface area contributed by atoms with Crippen LogP contribution in [0.15, 0.2) is 36.7 Å². The van der Waals surface area contributed by atoms with Gasteiger partial charge >= 0.3 is 0 Å². The molecular weight excluding hydrogens is 297 g/mol. The van der Waals surface area contributed by atoms with Gasteiger partial charge in [-0.2, -0.15) is 5.10 Å². The predicted octanol–water partition coefficient (Wildman–Crippen LogP) is 1.65. The van der Waals surface area contributed by atoms with Crippen molar-refractivity contribution in [1.29, 1.82) is 0 Å². The van der Waals surface area contributed by atoms with Gasteiger partial charge in [-0.15, -0.1) is 0 Å². The summed E-state index contributed by atoms with van der Waals surface area (Å²) >= 11 is 0. The first-order valence-electron chi connectivity index (χ1n) is 7.86. The minimum absolute atomic E-state index is 0.157. The van der Waals surface area contributed by atoms with Crippen LogP contribution >= 0.6 is 0 Å². The zero-order valence-corrected chi connectivity index (χ0v) is 13.2. The lowest BCUT2D eigenvalue weighted by atomic mass is 9.92. The SMILES string of the molecule is Cn1cc([C@@H]2CN(CCOc3ccccc3F)C[C@H]2CO)cn1. The number of ether oxygens (including phenoxy) is 1. The molecule has 1 saturated heterocycles. The standard InChI is InChI=1S/C17H22FN3O2/c1-20-9-13(8-19-20)15-11-21(10-14(15)12-22)6-7-23-17-5-3-2-4-16(17)18/h2-5,8-9,14-15,22H,6-7,10-12H2,1H3/t14-,15-/m0/s1. The summed E-state index contributed by atoms with van der Waals surface area (Å²) in [5.74, 6) is 0.430. The van der Waals surface area contributed by atoms with E-state index in [0.717, 1.165) is 18.7 Å². The lowest BCUT2D eigenvalue weighted by molar-refractivity contribution is 0.200. The highest BCUT2D eigenvalue weighted by atomic mass is 19.1. The van der Waals surface area contributed by atoms with E-state index in [1.807, 2.05) is 19.4 Å². The Labute approximate surface area is 135 Å². The van der Waals surface area contributed by atoms with E-state index in [9.17, 15) is 9.50 Å². The summed E-state index contributed by atoms with van der Waals surface area (Å²) in [7, 11) is 1.90. The van der Waals surface area contributed by atoms with Crippen LogP contribution in [0, 0.1) is 11.7 Å². The van der Waals surface area contributed by atoms with Crippen molar-refractivity contribution < 1.29 is 14.2 Å². The Kier molecular flexibility index (Phi) is 4.93. The normalized spacial score (nSPS) is 21.7. The predicted molar refractivity (Wildman–Crippen MR) is 84.9 cm³/mol. The molecule has 2 aromatic rings. The maximum absolute atomic E-state index is 13.5. The van der Waals surface area contributed by atoms with Gasteiger partial charge < -0.3 is 9.84 Å². The molecule has 5 nitrogen and oxygen atoms in total. The van der Waals surface area contributed by atoms with Crippen LogP contribution in [0.5, 0.6) is 5.75 Å². The molecule has 1 fully saturated rings. The van der Waals surface area contributed by atoms with Gasteiger partial charge in [-0.1, -0.05) is 12.1 Å². The van der Waals surface area contributed by atoms with E-state index in [2.05, 4.69) is 10.00 Å². The number of aromatic nitrogens is 2. The number of hydrogen-bond donors (Lipinski definition) is 1. The van der Waals surface area contributed by atoms with Gasteiger partial charge in [0, 0.05) is 51.3 Å². The molecule has 1 aromatic heterocycles. The smallest absolute Gasteiger partial charge is 0.165 e. The highest BCUT2D eigenvalue weighted by Crippen LogP contribution is 2.32. The Morgan fingerprint density at radius 1 is 1.35 bits per heavy atom. The molecule has 6 heteroatoms. The van der Waals surface area contributed by atoms with Crippen molar-refractivity contribution in [2.45, 2.75) is 5.92 Å². The molecule has 2 heterocycles. The van der Waals surface area contributed by atoms with Gasteiger partial charge in [-0.05, 0) is 17.7 Å². The van der Waals surface area contributed by atoms with E-state index in [1.165, 1.54) is 6.07 Å². The van der Waals surface area contributed by atoms with Crippen molar-refractivity contribution in [1.82, 2.24) is 14.7 Å². The van der Waals surface area contributed by atoms with Crippen LogP contribution in [0.1, 0.15) is 11.5 Å². The molecule has 1 aliphatic heterocycles. The molecule has 2 atom stereocenters. The third-order valence-corrected chi connectivity index (χ3v) is 4.41. The number of aryl methyl sites for hydroxylation is 1. The fourth-order valence-electron chi connectivity index (χ4n) is 3.18. The molecule has 1 N–H and O–H groups in total. The van der Waals surface area contributed by atoms with Crippen molar-refractivity contribution in [3.63, 3.8) is 0 Å². The van der Waals surface area contributed by atoms with E-state index in [0.29, 0.717) is 13.2 Å². The first-order chi connectivity index (χ1) is 11.2. The summed E-state index contributed by atoms with van der Waals surface area (Å²) in [6, 6.07) is 6.43. The molecule has 124 valence electrons. The maximum Gasteiger partial charge on any atom is 0.165 e. The van der Waals surface area contributed by atoms with Crippen LogP contribution in [0.4, 0.5) is 4.39 Å². The molecule has 0 spiro atoms. The molecule has 0 saturated carbocycles. The molecule has 0 radical (unpaired) electrons. The molecule has 3 rings (SSSR count). The minimum Gasteiger partial charge on any atom is -0.489 e. The summed E-state index contributed by atoms with van der Waals surface area (Å²) < 4.78 is 20.8. The number of hydrogen-bond acceptors (Lipinski definition) is 4. The molecule has 1 aromatic carbocycles. The number of aliphatic hydroxyl groups excluding tert-OH is 1. The second kappa shape index (κ2) is 7.10. The summed E-state index contributed by atoms with van der Waals surface area (Å²) in [4.78, 5) is 2.25. The molecule has 0 amide bonds. The monoisotopic (exact) mass is 319 g/mol. The third-order valence-electron chi connectivity index (χ3n) is 4.41. The highest BCUT2D eigenvalue weighted by molar-refractivity contribution is 5.23. The molecule has 23 heavy (non-hydrogen) atoms. The summed E-state index contributed by atoms with van der Waals surface area (Å²) in [5.41, 5.74) is 1.16. The maximum atomic E-state index is 13.5. The lowest BCUT2D eigenvalue weighted by Gasteiger charge is -2.16. The second-order valence-corrected chi connectivity index (χ2v) is 6.03. The number of aliphatic hydroxyl groups is 1. The van der Waals surface area contributed by atoms with Crippen molar-refractivity contribution in [3.8, 4) is 5.75 Å². The van der Waals surface area contributed by atoms with Crippen LogP contribution in [0.25, 0.3) is 0 Å². The van der Waals surface area contributed by atoms with Gasteiger partial charge in [0.05, 0.1) is 6.20 Å². The molecular formula is C17H22FN3O2. The Morgan fingerprint density at radius 2 is 2.17 bits per heavy atom. The summed E-state index contributed by atoms with van der Waals surface area (Å²) in [6.07, 6.45) is 3.87. The number of halogens is 1. The first kappa shape index (κ1) is 16.0. The van der Waals surface area contributed by atoms with Gasteiger partial charge in [0.2, 0.25) is 0 Å². The lowest BCUT2D eigenvalue weighted by Crippen LogP contribution is -2.27. The first-order valence-corrected chi connectivity index (χ1v) is 7.86. The number of likely N-dealkylation sites (tertiary alicyclic amines) is 1. The van der Waals surface area contributed by atoms with Crippen LogP contribution in [0.3, 0.4) is 0 Å². The Bertz CT molecular complexity index is 646. The van der Waals surface area contributed by atoms with E-state index < -0.39 is 0 Å². The highest BCUT2D eigenvalue weighted by Gasteiger charge is 2.33. The fourth-order valence-corrected chi connectivity index (χ4v) is 3.18. The summed E-state index contributed by atoms with van der Waals surface area (Å²) in [5, 5.41) is 13.8. The van der Waals surface area contributed by atoms with Gasteiger partial charge in [-0.3, -0.25) is 9.58 Å². The van der Waals surface area contributed by atoms with E-state index in [1.54, 1.807) is 22.9 Å². The van der Waals surface area contributed by atoms with Gasteiger partial charge in [0.1, 0.15) is 6.61 Å². The average Bonchev–Trinajstić information content (AvgIpc) is 3.15. The second-order valence-electron chi connectivity index (χ2n) is 6.03. The van der Waals surface area contributed by atoms with Gasteiger partial charge in [0.25, 0.3) is 0 Å². The number of rotatable bonds is 6. The quantitative estimate of drug-likeness (QED) is 0.879. The zero-order valence-electron chi connectivity index (χ0n) is 13.2. The number of nitrogens with zero attached hydrogens (tertiary/aromatic N) is 3. The Hall–Kier alpha value is -1.92. The fraction of sp³-hybridized carbons (Fsp3) is 0.471. The van der Waals surface area contributed by atoms with Crippen LogP contribution in [-0.2, 0) is 7.05 Å². The molecule has 0 bridgehead atoms. The average molecular weight is 319 g/mol. The molecule has 0 aliphatic carbocycles. The third kappa shape index (κ3) is 3.71. The molecule has 0 unspecified atom stereocenters. The van der Waals surface area contributed by atoms with Gasteiger partial charge in [-0.25, -0.2) is 4.39 Å². The number of benzene rings is 1. The van der Waals surface area contributed by atoms with Crippen molar-refractivity contribution in [2.24, 2.45) is 13.0 Å². The largest absolute Gasteiger partial charge is 0.489 e. The topological polar surface area (TPSA) is 50.5 Å². The minimum atomic E-state index is -0.338. The van der Waals surface area contributed by atoms with Crippen LogP contribution < -0.4 is 4.74 Å². The zero-order chi connectivity index (χ0) is 16.2. The number of para-hydroxylation sites is 1. The van der Waals surface area contributed by atoms with E-state index >= 15 is 0 Å². The van der Waals surface area contributed by atoms with Gasteiger partial charge in [0.15, 0.2) is 11.6 Å². The van der Waals surface area contributed by atoms with Crippen molar-refractivity contribution in [2.75, 3.05) is 32.8 Å². The van der Waals surface area contributed by atoms with Crippen LogP contribution in [0.2, 0.25) is 0 Å².